The minimum Gasteiger partial charge on any atom is -0.289 e. The molecule has 43 heavy (non-hydrogen) atoms. The lowest BCUT2D eigenvalue weighted by Gasteiger charge is -2.18. The maximum atomic E-state index is 13.0. The van der Waals surface area contributed by atoms with Gasteiger partial charge in [-0.15, -0.1) is 0 Å². The zero-order chi connectivity index (χ0) is 31.8. The van der Waals surface area contributed by atoms with Crippen molar-refractivity contribution in [2.75, 3.05) is 0 Å². The van der Waals surface area contributed by atoms with Gasteiger partial charge in [0.25, 0.3) is 0 Å². The molecule has 0 fully saturated rings. The Kier molecular flexibility index (Phi) is 16.3. The number of allylic oxidation sites excluding steroid dienone is 12. The van der Waals surface area contributed by atoms with Crippen molar-refractivity contribution in [1.82, 2.24) is 0 Å². The summed E-state index contributed by atoms with van der Waals surface area (Å²) in [5, 5.41) is 0. The van der Waals surface area contributed by atoms with Crippen molar-refractivity contribution in [2.24, 2.45) is 5.92 Å². The van der Waals surface area contributed by atoms with Crippen molar-refractivity contribution in [1.29, 1.82) is 0 Å². The number of hydrogen-bond acceptors (Lipinski definition) is 2. The highest BCUT2D eigenvalue weighted by Gasteiger charge is 2.28. The molecule has 1 aromatic carbocycles. The molecular weight excluding hydrogens is 524 g/mol. The second-order valence-corrected chi connectivity index (χ2v) is 13.2. The number of Topliss-reactive ketones (excluding diaryl/α,β-unsaturated/α-hetero) is 2. The van der Waals surface area contributed by atoms with Gasteiger partial charge in [0.1, 0.15) is 0 Å². The third-order valence-electron chi connectivity index (χ3n) is 8.62. The summed E-state index contributed by atoms with van der Waals surface area (Å²) in [5.41, 5.74) is 9.53. The van der Waals surface area contributed by atoms with E-state index in [-0.39, 0.29) is 11.6 Å². The highest BCUT2D eigenvalue weighted by Crippen LogP contribution is 2.28. The summed E-state index contributed by atoms with van der Waals surface area (Å²) < 4.78 is 0. The van der Waals surface area contributed by atoms with E-state index in [0.29, 0.717) is 28.7 Å². The van der Waals surface area contributed by atoms with E-state index in [0.717, 1.165) is 44.4 Å². The zero-order valence-corrected chi connectivity index (χ0v) is 28.6. The molecular formula is C41H58O2. The summed E-state index contributed by atoms with van der Waals surface area (Å²) >= 11 is 0. The molecule has 234 valence electrons. The van der Waals surface area contributed by atoms with Crippen molar-refractivity contribution in [3.8, 4) is 0 Å². The largest absolute Gasteiger partial charge is 0.289 e. The van der Waals surface area contributed by atoms with Gasteiger partial charge < -0.3 is 0 Å². The third kappa shape index (κ3) is 13.5. The van der Waals surface area contributed by atoms with Crippen LogP contribution in [0.1, 0.15) is 153 Å². The van der Waals surface area contributed by atoms with E-state index in [9.17, 15) is 9.59 Å². The SMILES string of the molecule is CC(=CCCC(C)=CCCC(C)=CCC1=C(C)C(=O)c2ccccc2C1=O)CCC=C(C)CCC=C(C)CCCC(C)C. The lowest BCUT2D eigenvalue weighted by atomic mass is 9.83. The molecule has 1 aromatic rings. The molecule has 2 rings (SSSR count). The van der Waals surface area contributed by atoms with Crippen LogP contribution in [0.25, 0.3) is 0 Å². The minimum absolute atomic E-state index is 0.00672. The first-order valence-electron chi connectivity index (χ1n) is 16.7. The maximum Gasteiger partial charge on any atom is 0.190 e. The number of benzene rings is 1. The molecule has 0 spiro atoms. The number of hydrogen-bond donors (Lipinski definition) is 0. The van der Waals surface area contributed by atoms with Crippen molar-refractivity contribution in [2.45, 2.75) is 132 Å². The van der Waals surface area contributed by atoms with Gasteiger partial charge in [-0.25, -0.2) is 0 Å². The van der Waals surface area contributed by atoms with E-state index in [4.69, 9.17) is 0 Å². The molecule has 2 heteroatoms. The summed E-state index contributed by atoms with van der Waals surface area (Å²) in [7, 11) is 0. The molecule has 0 aromatic heterocycles. The first-order valence-corrected chi connectivity index (χ1v) is 16.7. The first-order chi connectivity index (χ1) is 20.5. The number of carbonyl (C=O) groups is 2. The van der Waals surface area contributed by atoms with E-state index in [2.05, 4.69) is 78.8 Å². The van der Waals surface area contributed by atoms with Crippen LogP contribution < -0.4 is 0 Å². The molecule has 0 radical (unpaired) electrons. The molecule has 0 unspecified atom stereocenters. The molecule has 0 heterocycles. The summed E-state index contributed by atoms with van der Waals surface area (Å²) in [6, 6.07) is 7.15. The lowest BCUT2D eigenvalue weighted by molar-refractivity contribution is 0.0973. The Balaban J connectivity index is 1.68. The molecule has 1 aliphatic carbocycles. The topological polar surface area (TPSA) is 34.1 Å². The van der Waals surface area contributed by atoms with E-state index < -0.39 is 0 Å². The van der Waals surface area contributed by atoms with E-state index in [1.807, 2.05) is 12.1 Å². The van der Waals surface area contributed by atoms with Gasteiger partial charge in [0.15, 0.2) is 11.6 Å². The van der Waals surface area contributed by atoms with Gasteiger partial charge in [-0.1, -0.05) is 103 Å². The Hall–Kier alpha value is -3.00. The van der Waals surface area contributed by atoms with Gasteiger partial charge in [0, 0.05) is 22.3 Å². The number of carbonyl (C=O) groups excluding carboxylic acids is 2. The molecule has 2 nitrogen and oxygen atoms in total. The molecule has 0 bridgehead atoms. The van der Waals surface area contributed by atoms with E-state index in [1.54, 1.807) is 24.6 Å². The van der Waals surface area contributed by atoms with Gasteiger partial charge in [0.2, 0.25) is 0 Å². The average Bonchev–Trinajstić information content (AvgIpc) is 2.95. The molecule has 1 aliphatic rings. The van der Waals surface area contributed by atoms with Crippen LogP contribution in [-0.2, 0) is 0 Å². The average molecular weight is 583 g/mol. The quantitative estimate of drug-likeness (QED) is 0.161. The van der Waals surface area contributed by atoms with Crippen LogP contribution >= 0.6 is 0 Å². The molecule has 0 aliphatic heterocycles. The van der Waals surface area contributed by atoms with Gasteiger partial charge in [-0.2, -0.15) is 0 Å². The monoisotopic (exact) mass is 582 g/mol. The second-order valence-electron chi connectivity index (χ2n) is 13.2. The molecule has 0 amide bonds. The van der Waals surface area contributed by atoms with Crippen LogP contribution in [-0.4, -0.2) is 11.6 Å². The van der Waals surface area contributed by atoms with Crippen LogP contribution in [0.3, 0.4) is 0 Å². The maximum absolute atomic E-state index is 13.0. The predicted octanol–water partition coefficient (Wildman–Crippen LogP) is 12.5. The summed E-state index contributed by atoms with van der Waals surface area (Å²) in [4.78, 5) is 25.7. The molecule has 0 atom stereocenters. The number of ketones is 2. The van der Waals surface area contributed by atoms with E-state index in [1.165, 1.54) is 54.4 Å². The minimum atomic E-state index is -0.0213. The fourth-order valence-corrected chi connectivity index (χ4v) is 5.56. The van der Waals surface area contributed by atoms with Gasteiger partial charge >= 0.3 is 0 Å². The number of rotatable bonds is 18. The van der Waals surface area contributed by atoms with Gasteiger partial charge in [0.05, 0.1) is 0 Å². The van der Waals surface area contributed by atoms with Crippen molar-refractivity contribution >= 4 is 11.6 Å². The van der Waals surface area contributed by atoms with Crippen LogP contribution in [0.15, 0.2) is 93.7 Å². The zero-order valence-electron chi connectivity index (χ0n) is 28.6. The smallest absolute Gasteiger partial charge is 0.190 e. The van der Waals surface area contributed by atoms with Crippen molar-refractivity contribution in [3.63, 3.8) is 0 Å². The highest BCUT2D eigenvalue weighted by molar-refractivity contribution is 6.26. The Labute approximate surface area is 263 Å². The highest BCUT2D eigenvalue weighted by atomic mass is 16.1. The fraction of sp³-hybridized carbons (Fsp3) is 0.512. The van der Waals surface area contributed by atoms with Gasteiger partial charge in [-0.05, 0) is 118 Å². The predicted molar refractivity (Wildman–Crippen MR) is 187 cm³/mol. The Morgan fingerprint density at radius 3 is 1.44 bits per heavy atom. The number of fused-ring (bicyclic) bond motifs is 1. The van der Waals surface area contributed by atoms with Crippen LogP contribution in [0.4, 0.5) is 0 Å². The summed E-state index contributed by atoms with van der Waals surface area (Å²) in [5.74, 6) is 0.781. The second kappa shape index (κ2) is 19.3. The van der Waals surface area contributed by atoms with Crippen LogP contribution in [0, 0.1) is 5.92 Å². The normalized spacial score (nSPS) is 15.6. The molecule has 0 saturated carbocycles. The first kappa shape index (κ1) is 36.2. The van der Waals surface area contributed by atoms with Crippen molar-refractivity contribution < 1.29 is 9.59 Å². The van der Waals surface area contributed by atoms with Crippen molar-refractivity contribution in [3.05, 3.63) is 105 Å². The van der Waals surface area contributed by atoms with Gasteiger partial charge in [-0.3, -0.25) is 9.59 Å². The lowest BCUT2D eigenvalue weighted by Crippen LogP contribution is -2.20. The Morgan fingerprint density at radius 1 is 0.605 bits per heavy atom. The summed E-state index contributed by atoms with van der Waals surface area (Å²) in [6.07, 6.45) is 24.9. The third-order valence-corrected chi connectivity index (χ3v) is 8.62. The Bertz CT molecular complexity index is 1270. The van der Waals surface area contributed by atoms with Crippen LogP contribution in [0.2, 0.25) is 0 Å². The standard InChI is InChI=1S/C41H58O2/c1-30(2)16-11-17-31(3)18-12-19-32(4)20-13-21-33(5)22-14-23-34(6)24-15-25-35(7)28-29-37-36(8)40(42)38-26-9-10-27-39(38)41(37)43/h9-10,18,20,22,24,26-28,30H,11-17,19,21,23,25,29H2,1-8H3. The molecule has 0 N–H and O–H groups in total. The fourth-order valence-electron chi connectivity index (χ4n) is 5.56. The Morgan fingerprint density at radius 2 is 1.00 bits per heavy atom. The van der Waals surface area contributed by atoms with Crippen LogP contribution in [0.5, 0.6) is 0 Å². The summed E-state index contributed by atoms with van der Waals surface area (Å²) in [6.45, 7) is 17.6. The molecule has 0 saturated heterocycles. The van der Waals surface area contributed by atoms with E-state index >= 15 is 0 Å².